The fraction of sp³-hybridized carbons (Fsp3) is 0. The summed E-state index contributed by atoms with van der Waals surface area (Å²) >= 11 is 0. The topological polar surface area (TPSA) is 66.5 Å². The molecule has 0 spiro atoms. The molecule has 2 aromatic carbocycles. The highest BCUT2D eigenvalue weighted by Gasteiger charge is 2.19. The van der Waals surface area contributed by atoms with Crippen LogP contribution in [0.2, 0.25) is 0 Å². The Balaban J connectivity index is 2.20. The SMILES string of the molecule is OB(O)c1ccccc1-c1nc2ccccc2o1. The Hall–Kier alpha value is -2.11. The maximum Gasteiger partial charge on any atom is 0.489 e. The van der Waals surface area contributed by atoms with Gasteiger partial charge in [0.1, 0.15) is 5.52 Å². The lowest BCUT2D eigenvalue weighted by Gasteiger charge is -2.04. The second-order valence-electron chi connectivity index (χ2n) is 3.95. The number of rotatable bonds is 2. The molecule has 3 aromatic rings. The van der Waals surface area contributed by atoms with Crippen LogP contribution in [0.3, 0.4) is 0 Å². The van der Waals surface area contributed by atoms with E-state index in [2.05, 4.69) is 4.98 Å². The lowest BCUT2D eigenvalue weighted by molar-refractivity contribution is 0.425. The van der Waals surface area contributed by atoms with Crippen molar-refractivity contribution >= 4 is 23.7 Å². The zero-order chi connectivity index (χ0) is 12.5. The second kappa shape index (κ2) is 4.29. The summed E-state index contributed by atoms with van der Waals surface area (Å²) in [5.74, 6) is 0.389. The molecule has 5 heteroatoms. The molecule has 0 fully saturated rings. The highest BCUT2D eigenvalue weighted by molar-refractivity contribution is 6.60. The first-order valence-corrected chi connectivity index (χ1v) is 5.57. The summed E-state index contributed by atoms with van der Waals surface area (Å²) in [5, 5.41) is 18.7. The number of oxazole rings is 1. The predicted octanol–water partition coefficient (Wildman–Crippen LogP) is 1.17. The molecule has 0 atom stereocenters. The van der Waals surface area contributed by atoms with E-state index in [1.165, 1.54) is 0 Å². The number of benzene rings is 2. The molecule has 0 saturated heterocycles. The molecule has 3 rings (SSSR count). The van der Waals surface area contributed by atoms with Crippen LogP contribution in [-0.2, 0) is 0 Å². The van der Waals surface area contributed by atoms with Gasteiger partial charge in [-0.15, -0.1) is 0 Å². The van der Waals surface area contributed by atoms with Gasteiger partial charge >= 0.3 is 7.12 Å². The van der Waals surface area contributed by atoms with E-state index in [-0.39, 0.29) is 0 Å². The highest BCUT2D eigenvalue weighted by Crippen LogP contribution is 2.22. The maximum atomic E-state index is 9.33. The van der Waals surface area contributed by atoms with Crippen LogP contribution in [-0.4, -0.2) is 22.2 Å². The van der Waals surface area contributed by atoms with Crippen LogP contribution in [0, 0.1) is 0 Å². The molecule has 0 aliphatic carbocycles. The largest absolute Gasteiger partial charge is 0.489 e. The van der Waals surface area contributed by atoms with Crippen molar-refractivity contribution < 1.29 is 14.5 Å². The van der Waals surface area contributed by atoms with E-state index in [4.69, 9.17) is 4.42 Å². The average molecular weight is 239 g/mol. The lowest BCUT2D eigenvalue weighted by atomic mass is 9.77. The van der Waals surface area contributed by atoms with Crippen LogP contribution in [0.15, 0.2) is 52.9 Å². The molecule has 0 aliphatic heterocycles. The molecule has 88 valence electrons. The van der Waals surface area contributed by atoms with Gasteiger partial charge in [0.05, 0.1) is 0 Å². The van der Waals surface area contributed by atoms with Crippen LogP contribution in [0.1, 0.15) is 0 Å². The van der Waals surface area contributed by atoms with E-state index >= 15 is 0 Å². The third-order valence-corrected chi connectivity index (χ3v) is 2.76. The van der Waals surface area contributed by atoms with Gasteiger partial charge in [0.2, 0.25) is 5.89 Å². The van der Waals surface area contributed by atoms with Gasteiger partial charge in [-0.2, -0.15) is 0 Å². The van der Waals surface area contributed by atoms with Crippen molar-refractivity contribution in [3.63, 3.8) is 0 Å². The third kappa shape index (κ3) is 1.79. The third-order valence-electron chi connectivity index (χ3n) is 2.76. The van der Waals surface area contributed by atoms with Crippen molar-refractivity contribution in [1.29, 1.82) is 0 Å². The fourth-order valence-electron chi connectivity index (χ4n) is 1.90. The Morgan fingerprint density at radius 1 is 0.944 bits per heavy atom. The summed E-state index contributed by atoms with van der Waals surface area (Å²) in [6, 6.07) is 14.3. The zero-order valence-electron chi connectivity index (χ0n) is 9.45. The smallest absolute Gasteiger partial charge is 0.436 e. The number of aromatic nitrogens is 1. The molecule has 0 unspecified atom stereocenters. The van der Waals surface area contributed by atoms with Crippen LogP contribution >= 0.6 is 0 Å². The van der Waals surface area contributed by atoms with Gasteiger partial charge in [-0.05, 0) is 23.7 Å². The van der Waals surface area contributed by atoms with Gasteiger partial charge in [-0.3, -0.25) is 0 Å². The minimum atomic E-state index is -1.55. The van der Waals surface area contributed by atoms with Gasteiger partial charge < -0.3 is 14.5 Å². The van der Waals surface area contributed by atoms with Crippen LogP contribution in [0.4, 0.5) is 0 Å². The average Bonchev–Trinajstić information content (AvgIpc) is 2.82. The molecular formula is C13H10BNO3. The van der Waals surface area contributed by atoms with Gasteiger partial charge in [-0.1, -0.05) is 30.3 Å². The summed E-state index contributed by atoms with van der Waals surface area (Å²) in [6.45, 7) is 0. The molecule has 0 aliphatic rings. The number of para-hydroxylation sites is 2. The number of hydrogen-bond acceptors (Lipinski definition) is 4. The van der Waals surface area contributed by atoms with Gasteiger partial charge in [-0.25, -0.2) is 4.98 Å². The normalized spacial score (nSPS) is 10.8. The monoisotopic (exact) mass is 239 g/mol. The lowest BCUT2D eigenvalue weighted by Crippen LogP contribution is -2.31. The van der Waals surface area contributed by atoms with Gasteiger partial charge in [0.25, 0.3) is 0 Å². The summed E-state index contributed by atoms with van der Waals surface area (Å²) in [6.07, 6.45) is 0. The minimum absolute atomic E-state index is 0.379. The molecule has 0 radical (unpaired) electrons. The van der Waals surface area contributed by atoms with Gasteiger partial charge in [0.15, 0.2) is 5.58 Å². The number of nitrogens with zero attached hydrogens (tertiary/aromatic N) is 1. The molecule has 0 bridgehead atoms. The molecule has 0 amide bonds. The summed E-state index contributed by atoms with van der Waals surface area (Å²) in [5.41, 5.74) is 2.39. The van der Waals surface area contributed by atoms with E-state index in [0.29, 0.717) is 22.5 Å². The summed E-state index contributed by atoms with van der Waals surface area (Å²) in [4.78, 5) is 4.34. The van der Waals surface area contributed by atoms with Crippen molar-refractivity contribution in [1.82, 2.24) is 4.98 Å². The first-order valence-electron chi connectivity index (χ1n) is 5.57. The second-order valence-corrected chi connectivity index (χ2v) is 3.95. The summed E-state index contributed by atoms with van der Waals surface area (Å²) in [7, 11) is -1.55. The Labute approximate surface area is 104 Å². The zero-order valence-corrected chi connectivity index (χ0v) is 9.45. The number of fused-ring (bicyclic) bond motifs is 1. The Morgan fingerprint density at radius 2 is 1.67 bits per heavy atom. The van der Waals surface area contributed by atoms with Crippen LogP contribution in [0.5, 0.6) is 0 Å². The Kier molecular flexibility index (Phi) is 2.62. The standard InChI is InChI=1S/C13H10BNO3/c16-14(17)10-6-2-1-5-9(10)13-15-11-7-3-4-8-12(11)18-13/h1-8,16-17H. The van der Waals surface area contributed by atoms with Crippen LogP contribution in [0.25, 0.3) is 22.6 Å². The van der Waals surface area contributed by atoms with E-state index in [9.17, 15) is 10.0 Å². The van der Waals surface area contributed by atoms with Crippen molar-refractivity contribution in [2.24, 2.45) is 0 Å². The van der Waals surface area contributed by atoms with Gasteiger partial charge in [0, 0.05) is 5.56 Å². The molecule has 1 aromatic heterocycles. The Morgan fingerprint density at radius 3 is 2.44 bits per heavy atom. The molecule has 1 heterocycles. The fourth-order valence-corrected chi connectivity index (χ4v) is 1.90. The first-order chi connectivity index (χ1) is 8.75. The van der Waals surface area contributed by atoms with Crippen molar-refractivity contribution in [3.05, 3.63) is 48.5 Å². The van der Waals surface area contributed by atoms with E-state index in [1.807, 2.05) is 24.3 Å². The minimum Gasteiger partial charge on any atom is -0.436 e. The van der Waals surface area contributed by atoms with Crippen molar-refractivity contribution in [3.8, 4) is 11.5 Å². The molecule has 0 saturated carbocycles. The summed E-state index contributed by atoms with van der Waals surface area (Å²) < 4.78 is 5.61. The van der Waals surface area contributed by atoms with Crippen molar-refractivity contribution in [2.45, 2.75) is 0 Å². The Bertz CT molecular complexity index is 660. The van der Waals surface area contributed by atoms with Crippen LogP contribution < -0.4 is 5.46 Å². The first kappa shape index (κ1) is 11.0. The molecule has 4 nitrogen and oxygen atoms in total. The van der Waals surface area contributed by atoms with E-state index in [0.717, 1.165) is 5.52 Å². The highest BCUT2D eigenvalue weighted by atomic mass is 16.4. The van der Waals surface area contributed by atoms with E-state index in [1.54, 1.807) is 24.3 Å². The predicted molar refractivity (Wildman–Crippen MR) is 69.3 cm³/mol. The molecular weight excluding hydrogens is 229 g/mol. The quantitative estimate of drug-likeness (QED) is 0.659. The number of hydrogen-bond donors (Lipinski definition) is 2. The molecule has 18 heavy (non-hydrogen) atoms. The maximum absolute atomic E-state index is 9.33. The van der Waals surface area contributed by atoms with Crippen molar-refractivity contribution in [2.75, 3.05) is 0 Å². The van der Waals surface area contributed by atoms with E-state index < -0.39 is 7.12 Å². The molecule has 2 N–H and O–H groups in total.